The maximum absolute atomic E-state index is 12.3. The number of benzene rings is 1. The molecule has 0 saturated carbocycles. The highest BCUT2D eigenvalue weighted by Crippen LogP contribution is 2.23. The molecule has 3 rings (SSSR count). The molecule has 2 heterocycles. The van der Waals surface area contributed by atoms with Crippen LogP contribution in [0.5, 0.6) is 0 Å². The van der Waals surface area contributed by atoms with Gasteiger partial charge in [-0.2, -0.15) is 5.10 Å². The second-order valence-electron chi connectivity index (χ2n) is 4.52. The Labute approximate surface area is 121 Å². The molecular formula is C12H13ClN4O2S. The Morgan fingerprint density at radius 2 is 2.00 bits per heavy atom. The predicted molar refractivity (Wildman–Crippen MR) is 76.3 cm³/mol. The number of aromatic amines is 1. The van der Waals surface area contributed by atoms with Gasteiger partial charge in [0.15, 0.2) is 5.82 Å². The summed E-state index contributed by atoms with van der Waals surface area (Å²) in [5.41, 5.74) is 1.84. The maximum atomic E-state index is 12.3. The van der Waals surface area contributed by atoms with Crippen LogP contribution in [0.2, 0.25) is 5.02 Å². The molecular weight excluding hydrogens is 300 g/mol. The summed E-state index contributed by atoms with van der Waals surface area (Å²) in [6, 6.07) is 6.01. The lowest BCUT2D eigenvalue weighted by Crippen LogP contribution is -2.24. The van der Waals surface area contributed by atoms with Gasteiger partial charge in [0.2, 0.25) is 0 Å². The molecule has 0 bridgehead atoms. The van der Waals surface area contributed by atoms with E-state index in [2.05, 4.69) is 20.2 Å². The quantitative estimate of drug-likeness (QED) is 0.802. The van der Waals surface area contributed by atoms with Gasteiger partial charge in [-0.1, -0.05) is 11.6 Å². The van der Waals surface area contributed by atoms with Crippen LogP contribution >= 0.6 is 11.6 Å². The Morgan fingerprint density at radius 1 is 1.25 bits per heavy atom. The fourth-order valence-electron chi connectivity index (χ4n) is 2.13. The van der Waals surface area contributed by atoms with Gasteiger partial charge in [-0.3, -0.25) is 9.82 Å². The van der Waals surface area contributed by atoms with Crippen LogP contribution in [-0.4, -0.2) is 25.2 Å². The van der Waals surface area contributed by atoms with Crippen molar-refractivity contribution >= 4 is 27.4 Å². The summed E-state index contributed by atoms with van der Waals surface area (Å²) < 4.78 is 27.1. The van der Waals surface area contributed by atoms with Crippen LogP contribution in [0.4, 0.5) is 5.82 Å². The van der Waals surface area contributed by atoms with E-state index < -0.39 is 10.0 Å². The minimum Gasteiger partial charge on any atom is -0.311 e. The van der Waals surface area contributed by atoms with E-state index in [1.165, 1.54) is 12.1 Å². The third kappa shape index (κ3) is 2.52. The van der Waals surface area contributed by atoms with E-state index in [0.717, 1.165) is 24.2 Å². The molecule has 1 aromatic carbocycles. The second-order valence-corrected chi connectivity index (χ2v) is 6.63. The summed E-state index contributed by atoms with van der Waals surface area (Å²) in [6.07, 6.45) is 0.740. The molecule has 106 valence electrons. The van der Waals surface area contributed by atoms with Gasteiger partial charge in [-0.05, 0) is 37.2 Å². The molecule has 0 fully saturated rings. The molecule has 0 spiro atoms. The zero-order chi connectivity index (χ0) is 14.2. The van der Waals surface area contributed by atoms with Crippen molar-refractivity contribution in [2.75, 3.05) is 11.3 Å². The topological polar surface area (TPSA) is 86.9 Å². The molecule has 2 aromatic rings. The zero-order valence-electron chi connectivity index (χ0n) is 10.5. The van der Waals surface area contributed by atoms with Gasteiger partial charge >= 0.3 is 0 Å². The van der Waals surface area contributed by atoms with Crippen molar-refractivity contribution in [2.45, 2.75) is 17.9 Å². The lowest BCUT2D eigenvalue weighted by Gasteiger charge is -2.13. The highest BCUT2D eigenvalue weighted by atomic mass is 35.5. The van der Waals surface area contributed by atoms with Gasteiger partial charge in [0.25, 0.3) is 10.0 Å². The molecule has 0 radical (unpaired) electrons. The lowest BCUT2D eigenvalue weighted by molar-refractivity contribution is 0.601. The van der Waals surface area contributed by atoms with E-state index in [9.17, 15) is 8.42 Å². The Bertz CT molecular complexity index is 724. The van der Waals surface area contributed by atoms with Crippen molar-refractivity contribution < 1.29 is 8.42 Å². The number of halogens is 1. The largest absolute Gasteiger partial charge is 0.311 e. The smallest absolute Gasteiger partial charge is 0.263 e. The van der Waals surface area contributed by atoms with E-state index in [4.69, 9.17) is 11.6 Å². The first-order valence-electron chi connectivity index (χ1n) is 6.11. The second kappa shape index (κ2) is 5.08. The van der Waals surface area contributed by atoms with Crippen molar-refractivity contribution in [1.82, 2.24) is 15.5 Å². The van der Waals surface area contributed by atoms with Gasteiger partial charge < -0.3 is 5.32 Å². The third-order valence-corrected chi connectivity index (χ3v) is 4.77. The molecule has 0 unspecified atom stereocenters. The minimum atomic E-state index is -3.65. The molecule has 0 amide bonds. The molecule has 3 N–H and O–H groups in total. The Hall–Kier alpha value is -1.57. The first kappa shape index (κ1) is 13.4. The van der Waals surface area contributed by atoms with Crippen molar-refractivity contribution in [1.29, 1.82) is 0 Å². The number of H-pyrrole nitrogens is 1. The fourth-order valence-corrected chi connectivity index (χ4v) is 3.29. The van der Waals surface area contributed by atoms with Crippen LogP contribution in [-0.2, 0) is 23.0 Å². The van der Waals surface area contributed by atoms with E-state index in [0.29, 0.717) is 17.4 Å². The number of hydrogen-bond acceptors (Lipinski definition) is 4. The van der Waals surface area contributed by atoms with E-state index in [1.54, 1.807) is 12.1 Å². The molecule has 0 saturated heterocycles. The molecule has 1 aliphatic heterocycles. The Balaban J connectivity index is 1.90. The molecule has 20 heavy (non-hydrogen) atoms. The molecule has 1 aromatic heterocycles. The average molecular weight is 313 g/mol. The number of hydrogen-bond donors (Lipinski definition) is 3. The van der Waals surface area contributed by atoms with Crippen LogP contribution in [0.25, 0.3) is 0 Å². The normalized spacial score (nSPS) is 14.8. The zero-order valence-corrected chi connectivity index (χ0v) is 12.1. The standard InChI is InChI=1S/C12H13ClN4O2S/c13-8-1-3-9(4-2-8)20(18,19)17-12-10-5-6-14-7-11(10)15-16-12/h1-4,14H,5-7H2,(H2,15,16,17). The molecule has 1 aliphatic rings. The van der Waals surface area contributed by atoms with Crippen LogP contribution in [0.15, 0.2) is 29.2 Å². The van der Waals surface area contributed by atoms with Crippen LogP contribution < -0.4 is 10.0 Å². The van der Waals surface area contributed by atoms with Crippen molar-refractivity contribution in [3.05, 3.63) is 40.5 Å². The lowest BCUT2D eigenvalue weighted by atomic mass is 10.1. The Morgan fingerprint density at radius 3 is 2.75 bits per heavy atom. The average Bonchev–Trinajstić information content (AvgIpc) is 2.82. The van der Waals surface area contributed by atoms with E-state index in [-0.39, 0.29) is 4.90 Å². The SMILES string of the molecule is O=S(=O)(Nc1n[nH]c2c1CCNC2)c1ccc(Cl)cc1. The van der Waals surface area contributed by atoms with Gasteiger partial charge in [0.1, 0.15) is 0 Å². The molecule has 0 aliphatic carbocycles. The minimum absolute atomic E-state index is 0.160. The van der Waals surface area contributed by atoms with E-state index in [1.807, 2.05) is 0 Å². The molecule has 0 atom stereocenters. The molecule has 6 nitrogen and oxygen atoms in total. The highest BCUT2D eigenvalue weighted by molar-refractivity contribution is 7.92. The summed E-state index contributed by atoms with van der Waals surface area (Å²) in [4.78, 5) is 0.160. The van der Waals surface area contributed by atoms with Crippen LogP contribution in [0.1, 0.15) is 11.3 Å². The third-order valence-electron chi connectivity index (χ3n) is 3.16. The van der Waals surface area contributed by atoms with Gasteiger partial charge in [-0.25, -0.2) is 8.42 Å². The number of fused-ring (bicyclic) bond motifs is 1. The Kier molecular flexibility index (Phi) is 3.41. The summed E-state index contributed by atoms with van der Waals surface area (Å²) in [5, 5.41) is 10.6. The monoisotopic (exact) mass is 312 g/mol. The number of nitrogens with zero attached hydrogens (tertiary/aromatic N) is 1. The van der Waals surface area contributed by atoms with Crippen LogP contribution in [0, 0.1) is 0 Å². The molecule has 8 heteroatoms. The number of anilines is 1. The summed E-state index contributed by atoms with van der Waals surface area (Å²) in [7, 11) is -3.65. The maximum Gasteiger partial charge on any atom is 0.263 e. The predicted octanol–water partition coefficient (Wildman–Crippen LogP) is 1.51. The first-order chi connectivity index (χ1) is 9.56. The van der Waals surface area contributed by atoms with Crippen molar-refractivity contribution in [3.63, 3.8) is 0 Å². The number of sulfonamides is 1. The number of aromatic nitrogens is 2. The number of rotatable bonds is 3. The van der Waals surface area contributed by atoms with Crippen molar-refractivity contribution in [2.24, 2.45) is 0 Å². The van der Waals surface area contributed by atoms with Crippen molar-refractivity contribution in [3.8, 4) is 0 Å². The number of nitrogens with one attached hydrogen (secondary N) is 3. The van der Waals surface area contributed by atoms with Gasteiger partial charge in [0.05, 0.1) is 10.6 Å². The summed E-state index contributed by atoms with van der Waals surface area (Å²) >= 11 is 5.76. The van der Waals surface area contributed by atoms with Crippen LogP contribution in [0.3, 0.4) is 0 Å². The van der Waals surface area contributed by atoms with Gasteiger partial charge in [-0.15, -0.1) is 0 Å². The van der Waals surface area contributed by atoms with E-state index >= 15 is 0 Å². The highest BCUT2D eigenvalue weighted by Gasteiger charge is 2.21. The summed E-state index contributed by atoms with van der Waals surface area (Å²) in [5.74, 6) is 0.372. The summed E-state index contributed by atoms with van der Waals surface area (Å²) in [6.45, 7) is 1.48. The fraction of sp³-hybridized carbons (Fsp3) is 0.250. The van der Waals surface area contributed by atoms with Gasteiger partial charge in [0, 0.05) is 17.1 Å². The first-order valence-corrected chi connectivity index (χ1v) is 7.97.